The first-order valence-corrected chi connectivity index (χ1v) is 12.3. The van der Waals surface area contributed by atoms with Crippen molar-refractivity contribution in [3.05, 3.63) is 129 Å². The van der Waals surface area contributed by atoms with Crippen molar-refractivity contribution in [2.75, 3.05) is 7.11 Å². The Bertz CT molecular complexity index is 1200. The average Bonchev–Trinajstić information content (AvgIpc) is 2.88. The highest BCUT2D eigenvalue weighted by Crippen LogP contribution is 2.39. The van der Waals surface area contributed by atoms with E-state index in [0.29, 0.717) is 18.1 Å². The molecule has 0 aliphatic carbocycles. The van der Waals surface area contributed by atoms with Gasteiger partial charge in [0.15, 0.2) is 0 Å². The third-order valence-corrected chi connectivity index (χ3v) is 6.77. The van der Waals surface area contributed by atoms with Gasteiger partial charge in [0.05, 0.1) is 7.11 Å². The summed E-state index contributed by atoms with van der Waals surface area (Å²) in [6, 6.07) is 32.1. The van der Waals surface area contributed by atoms with E-state index in [9.17, 15) is 0 Å². The van der Waals surface area contributed by atoms with Crippen molar-refractivity contribution < 1.29 is 9.47 Å². The maximum atomic E-state index is 6.67. The van der Waals surface area contributed by atoms with Crippen LogP contribution in [-0.2, 0) is 6.61 Å². The molecule has 0 bridgehead atoms. The summed E-state index contributed by atoms with van der Waals surface area (Å²) in [5, 5.41) is 0.693. The van der Waals surface area contributed by atoms with E-state index in [1.165, 1.54) is 0 Å². The molecule has 0 saturated heterocycles. The predicted octanol–water partition coefficient (Wildman–Crippen LogP) is 7.91. The summed E-state index contributed by atoms with van der Waals surface area (Å²) in [4.78, 5) is 0. The van der Waals surface area contributed by atoms with Crippen LogP contribution in [-0.4, -0.2) is 7.11 Å². The summed E-state index contributed by atoms with van der Waals surface area (Å²) in [5.41, 5.74) is 11.0. The van der Waals surface area contributed by atoms with Gasteiger partial charge in [-0.3, -0.25) is 0 Å². The van der Waals surface area contributed by atoms with Gasteiger partial charge >= 0.3 is 0 Å². The van der Waals surface area contributed by atoms with Crippen LogP contribution in [0.3, 0.4) is 0 Å². The molecule has 4 aromatic rings. The quantitative estimate of drug-likeness (QED) is 0.236. The second kappa shape index (κ2) is 11.6. The number of rotatable bonds is 9. The summed E-state index contributed by atoms with van der Waals surface area (Å²) < 4.78 is 12.5. The second-order valence-corrected chi connectivity index (χ2v) is 9.50. The lowest BCUT2D eigenvalue weighted by Gasteiger charge is -2.24. The van der Waals surface area contributed by atoms with Gasteiger partial charge in [-0.2, -0.15) is 0 Å². The van der Waals surface area contributed by atoms with Crippen molar-refractivity contribution >= 4 is 27.5 Å². The van der Waals surface area contributed by atoms with Crippen molar-refractivity contribution in [3.8, 4) is 11.5 Å². The molecule has 0 aromatic heterocycles. The molecule has 0 spiro atoms. The zero-order valence-corrected chi connectivity index (χ0v) is 21.3. The third kappa shape index (κ3) is 6.20. The van der Waals surface area contributed by atoms with E-state index in [-0.39, 0.29) is 12.0 Å². The molecular weight excluding hydrogens is 510 g/mol. The topological polar surface area (TPSA) is 44.5 Å². The fraction of sp³-hybridized carbons (Fsp3) is 0.172. The van der Waals surface area contributed by atoms with E-state index in [1.807, 2.05) is 60.7 Å². The Morgan fingerprint density at radius 2 is 1.47 bits per heavy atom. The van der Waals surface area contributed by atoms with Crippen molar-refractivity contribution in [2.24, 2.45) is 5.73 Å². The average molecular weight is 537 g/mol. The maximum Gasteiger partial charge on any atom is 0.119 e. The van der Waals surface area contributed by atoms with Crippen LogP contribution < -0.4 is 15.2 Å². The SMILES string of the molecule is COc1ccc(Cl)c(C(CC(N)c2ccc(Br)cc2)c2ccc(OCc3ccccc3)cc2)c1. The van der Waals surface area contributed by atoms with E-state index in [0.717, 1.165) is 38.2 Å². The lowest BCUT2D eigenvalue weighted by Crippen LogP contribution is -2.16. The van der Waals surface area contributed by atoms with E-state index < -0.39 is 0 Å². The number of ether oxygens (including phenoxy) is 2. The molecule has 4 rings (SSSR count). The highest BCUT2D eigenvalue weighted by atomic mass is 79.9. The van der Waals surface area contributed by atoms with Gasteiger partial charge in [0.2, 0.25) is 0 Å². The monoisotopic (exact) mass is 535 g/mol. The normalized spacial score (nSPS) is 12.7. The van der Waals surface area contributed by atoms with E-state index in [4.69, 9.17) is 26.8 Å². The highest BCUT2D eigenvalue weighted by Gasteiger charge is 2.22. The Kier molecular flexibility index (Phi) is 8.28. The highest BCUT2D eigenvalue weighted by molar-refractivity contribution is 9.10. The fourth-order valence-electron chi connectivity index (χ4n) is 4.00. The number of methoxy groups -OCH3 is 1. The Morgan fingerprint density at radius 1 is 0.824 bits per heavy atom. The van der Waals surface area contributed by atoms with E-state index in [1.54, 1.807) is 7.11 Å². The Hall–Kier alpha value is -2.79. The number of hydrogen-bond donors (Lipinski definition) is 1. The molecule has 174 valence electrons. The molecule has 0 amide bonds. The summed E-state index contributed by atoms with van der Waals surface area (Å²) in [7, 11) is 1.66. The van der Waals surface area contributed by atoms with Crippen LogP contribution in [0.15, 0.2) is 102 Å². The Morgan fingerprint density at radius 3 is 2.15 bits per heavy atom. The minimum absolute atomic E-state index is 0.00980. The minimum Gasteiger partial charge on any atom is -0.497 e. The molecule has 0 radical (unpaired) electrons. The van der Waals surface area contributed by atoms with Crippen LogP contribution >= 0.6 is 27.5 Å². The number of halogens is 2. The summed E-state index contributed by atoms with van der Waals surface area (Å²) in [6.45, 7) is 0.528. The number of hydrogen-bond acceptors (Lipinski definition) is 3. The Labute approximate surface area is 214 Å². The number of nitrogens with two attached hydrogens (primary N) is 1. The Balaban J connectivity index is 1.60. The summed E-state index contributed by atoms with van der Waals surface area (Å²) >= 11 is 10.2. The number of benzene rings is 4. The zero-order chi connectivity index (χ0) is 23.9. The molecule has 5 heteroatoms. The van der Waals surface area contributed by atoms with Crippen LogP contribution in [0.4, 0.5) is 0 Å². The molecule has 34 heavy (non-hydrogen) atoms. The predicted molar refractivity (Wildman–Crippen MR) is 143 cm³/mol. The first kappa shape index (κ1) is 24.3. The molecule has 4 aromatic carbocycles. The smallest absolute Gasteiger partial charge is 0.119 e. The van der Waals surface area contributed by atoms with Crippen molar-refractivity contribution in [2.45, 2.75) is 25.0 Å². The fourth-order valence-corrected chi connectivity index (χ4v) is 4.51. The van der Waals surface area contributed by atoms with Crippen LogP contribution in [0, 0.1) is 0 Å². The first-order valence-electron chi connectivity index (χ1n) is 11.1. The van der Waals surface area contributed by atoms with Crippen LogP contribution in [0.2, 0.25) is 5.02 Å². The zero-order valence-electron chi connectivity index (χ0n) is 19.0. The summed E-state index contributed by atoms with van der Waals surface area (Å²) in [5.74, 6) is 1.58. The summed E-state index contributed by atoms with van der Waals surface area (Å²) in [6.07, 6.45) is 0.693. The molecule has 0 heterocycles. The molecule has 3 nitrogen and oxygen atoms in total. The van der Waals surface area contributed by atoms with Gasteiger partial charge in [-0.05, 0) is 71.1 Å². The van der Waals surface area contributed by atoms with Gasteiger partial charge in [0, 0.05) is 21.5 Å². The lowest BCUT2D eigenvalue weighted by molar-refractivity contribution is 0.306. The van der Waals surface area contributed by atoms with Crippen molar-refractivity contribution in [1.82, 2.24) is 0 Å². The van der Waals surface area contributed by atoms with Crippen LogP contribution in [0.25, 0.3) is 0 Å². The second-order valence-electron chi connectivity index (χ2n) is 8.18. The van der Waals surface area contributed by atoms with Gasteiger partial charge in [0.25, 0.3) is 0 Å². The van der Waals surface area contributed by atoms with Crippen LogP contribution in [0.5, 0.6) is 11.5 Å². The first-order chi connectivity index (χ1) is 16.5. The van der Waals surface area contributed by atoms with Gasteiger partial charge in [-0.1, -0.05) is 82.1 Å². The van der Waals surface area contributed by atoms with Crippen LogP contribution in [0.1, 0.15) is 40.6 Å². The largest absolute Gasteiger partial charge is 0.497 e. The molecule has 0 aliphatic rings. The van der Waals surface area contributed by atoms with Gasteiger partial charge in [-0.15, -0.1) is 0 Å². The van der Waals surface area contributed by atoms with Gasteiger partial charge in [0.1, 0.15) is 18.1 Å². The van der Waals surface area contributed by atoms with E-state index >= 15 is 0 Å². The molecule has 2 unspecified atom stereocenters. The van der Waals surface area contributed by atoms with Crippen molar-refractivity contribution in [3.63, 3.8) is 0 Å². The van der Waals surface area contributed by atoms with Crippen molar-refractivity contribution in [1.29, 1.82) is 0 Å². The lowest BCUT2D eigenvalue weighted by atomic mass is 9.84. The standard InChI is InChI=1S/C29H27BrClNO2/c1-33-25-15-16-28(31)27(17-25)26(18-29(32)22-7-11-23(30)12-8-22)21-9-13-24(14-10-21)34-19-20-5-3-2-4-6-20/h2-17,26,29H,18-19,32H2,1H3. The molecule has 0 saturated carbocycles. The molecule has 0 fully saturated rings. The maximum absolute atomic E-state index is 6.67. The van der Waals surface area contributed by atoms with Gasteiger partial charge in [-0.25, -0.2) is 0 Å². The van der Waals surface area contributed by atoms with Gasteiger partial charge < -0.3 is 15.2 Å². The molecule has 2 atom stereocenters. The molecule has 2 N–H and O–H groups in total. The minimum atomic E-state index is -0.158. The van der Waals surface area contributed by atoms with E-state index in [2.05, 4.69) is 52.3 Å². The third-order valence-electron chi connectivity index (χ3n) is 5.90. The molecule has 0 aliphatic heterocycles. The molecular formula is C29H27BrClNO2.